The Morgan fingerprint density at radius 2 is 1.89 bits per heavy atom. The predicted octanol–water partition coefficient (Wildman–Crippen LogP) is -0.686. The molecule has 5 nitrogen and oxygen atoms in total. The minimum atomic E-state index is 0.138. The second kappa shape index (κ2) is 4.27. The number of piperazine rings is 1. The van der Waals surface area contributed by atoms with Crippen LogP contribution in [0.4, 0.5) is 0 Å². The van der Waals surface area contributed by atoms with Crippen LogP contribution in [0, 0.1) is 0 Å². The molecule has 0 aromatic carbocycles. The van der Waals surface area contributed by atoms with E-state index in [2.05, 4.69) is 14.8 Å². The molecule has 0 amide bonds. The fourth-order valence-corrected chi connectivity index (χ4v) is 3.81. The zero-order chi connectivity index (χ0) is 12.1. The lowest BCUT2D eigenvalue weighted by Gasteiger charge is -2.45. The first-order valence-electron chi connectivity index (χ1n) is 7.19. The SMILES string of the molecule is NC1C=NCCC1N1CCN(C2COC2)C2CC21. The van der Waals surface area contributed by atoms with E-state index in [4.69, 9.17) is 10.5 Å². The Hall–Kier alpha value is -0.490. The first-order valence-corrected chi connectivity index (χ1v) is 7.19. The molecule has 0 aromatic heterocycles. The van der Waals surface area contributed by atoms with Crippen molar-refractivity contribution in [1.82, 2.24) is 9.80 Å². The molecule has 1 aliphatic carbocycles. The molecule has 2 saturated heterocycles. The molecule has 3 fully saturated rings. The van der Waals surface area contributed by atoms with Crippen molar-refractivity contribution >= 4 is 6.21 Å². The Morgan fingerprint density at radius 1 is 1.11 bits per heavy atom. The Balaban J connectivity index is 1.42. The van der Waals surface area contributed by atoms with Crippen LogP contribution >= 0.6 is 0 Å². The van der Waals surface area contributed by atoms with E-state index in [1.54, 1.807) is 0 Å². The summed E-state index contributed by atoms with van der Waals surface area (Å²) in [5.41, 5.74) is 6.20. The van der Waals surface area contributed by atoms with Crippen molar-refractivity contribution in [3.63, 3.8) is 0 Å². The predicted molar refractivity (Wildman–Crippen MR) is 70.0 cm³/mol. The van der Waals surface area contributed by atoms with E-state index in [0.717, 1.165) is 38.3 Å². The van der Waals surface area contributed by atoms with Gasteiger partial charge in [-0.05, 0) is 12.8 Å². The van der Waals surface area contributed by atoms with Crippen LogP contribution in [0.2, 0.25) is 0 Å². The normalized spacial score (nSPS) is 45.6. The maximum atomic E-state index is 6.20. The van der Waals surface area contributed by atoms with E-state index >= 15 is 0 Å². The van der Waals surface area contributed by atoms with Gasteiger partial charge in [0.25, 0.3) is 0 Å². The smallest absolute Gasteiger partial charge is 0.0645 e. The topological polar surface area (TPSA) is 54.1 Å². The van der Waals surface area contributed by atoms with E-state index in [1.165, 1.54) is 19.5 Å². The summed E-state index contributed by atoms with van der Waals surface area (Å²) in [7, 11) is 0. The maximum absolute atomic E-state index is 6.20. The van der Waals surface area contributed by atoms with Crippen molar-refractivity contribution in [2.75, 3.05) is 32.8 Å². The Kier molecular flexibility index (Phi) is 2.69. The number of fused-ring (bicyclic) bond motifs is 1. The number of hydrogen-bond acceptors (Lipinski definition) is 5. The molecule has 3 aliphatic heterocycles. The summed E-state index contributed by atoms with van der Waals surface area (Å²) >= 11 is 0. The van der Waals surface area contributed by atoms with Crippen LogP contribution in [-0.4, -0.2) is 79.1 Å². The number of nitrogens with zero attached hydrogens (tertiary/aromatic N) is 3. The minimum absolute atomic E-state index is 0.138. The van der Waals surface area contributed by atoms with Crippen LogP contribution in [-0.2, 0) is 4.74 Å². The highest BCUT2D eigenvalue weighted by Crippen LogP contribution is 2.40. The average molecular weight is 250 g/mol. The van der Waals surface area contributed by atoms with Gasteiger partial charge in [-0.15, -0.1) is 0 Å². The highest BCUT2D eigenvalue weighted by Gasteiger charge is 2.53. The van der Waals surface area contributed by atoms with Crippen molar-refractivity contribution in [2.24, 2.45) is 10.7 Å². The van der Waals surface area contributed by atoms with Crippen LogP contribution in [0.1, 0.15) is 12.8 Å². The first-order chi connectivity index (χ1) is 8.84. The monoisotopic (exact) mass is 250 g/mol. The standard InChI is InChI=1S/C13H22N4O/c14-10-6-15-2-1-11(10)17-4-3-16(9-7-18-8-9)12-5-13(12)17/h6,9-13H,1-5,7-8,14H2. The number of rotatable bonds is 2. The third kappa shape index (κ3) is 1.72. The number of aliphatic imine (C=N–C) groups is 1. The van der Waals surface area contributed by atoms with Crippen molar-refractivity contribution in [3.05, 3.63) is 0 Å². The molecule has 2 N–H and O–H groups in total. The van der Waals surface area contributed by atoms with Crippen LogP contribution in [0.3, 0.4) is 0 Å². The molecule has 18 heavy (non-hydrogen) atoms. The maximum Gasteiger partial charge on any atom is 0.0645 e. The Labute approximate surface area is 108 Å². The fourth-order valence-electron chi connectivity index (χ4n) is 3.81. The van der Waals surface area contributed by atoms with Crippen LogP contribution < -0.4 is 5.73 Å². The lowest BCUT2D eigenvalue weighted by Crippen LogP contribution is -2.61. The molecule has 4 aliphatic rings. The number of nitrogens with two attached hydrogens (primary N) is 1. The quantitative estimate of drug-likeness (QED) is 0.705. The van der Waals surface area contributed by atoms with Crippen LogP contribution in [0.5, 0.6) is 0 Å². The summed E-state index contributed by atoms with van der Waals surface area (Å²) in [6.45, 7) is 5.20. The van der Waals surface area contributed by atoms with Gasteiger partial charge in [0.2, 0.25) is 0 Å². The largest absolute Gasteiger partial charge is 0.378 e. The van der Waals surface area contributed by atoms with Crippen LogP contribution in [0.25, 0.3) is 0 Å². The van der Waals surface area contributed by atoms with Gasteiger partial charge < -0.3 is 10.5 Å². The molecular formula is C13H22N4O. The van der Waals surface area contributed by atoms with E-state index in [9.17, 15) is 0 Å². The number of ether oxygens (including phenoxy) is 1. The summed E-state index contributed by atoms with van der Waals surface area (Å²) in [5.74, 6) is 0. The highest BCUT2D eigenvalue weighted by atomic mass is 16.5. The number of hydrogen-bond donors (Lipinski definition) is 1. The van der Waals surface area contributed by atoms with Crippen molar-refractivity contribution in [2.45, 2.75) is 43.1 Å². The van der Waals surface area contributed by atoms with Crippen LogP contribution in [0.15, 0.2) is 4.99 Å². The molecule has 0 radical (unpaired) electrons. The molecule has 5 heteroatoms. The van der Waals surface area contributed by atoms with Gasteiger partial charge in [0.1, 0.15) is 0 Å². The Morgan fingerprint density at radius 3 is 2.61 bits per heavy atom. The van der Waals surface area contributed by atoms with Gasteiger partial charge in [0.05, 0.1) is 25.3 Å². The van der Waals surface area contributed by atoms with E-state index in [0.29, 0.717) is 12.1 Å². The zero-order valence-corrected chi connectivity index (χ0v) is 10.7. The summed E-state index contributed by atoms with van der Waals surface area (Å²) < 4.78 is 5.32. The second-order valence-corrected chi connectivity index (χ2v) is 6.03. The molecule has 4 rings (SSSR count). The van der Waals surface area contributed by atoms with Gasteiger partial charge >= 0.3 is 0 Å². The lowest BCUT2D eigenvalue weighted by molar-refractivity contribution is -0.0826. The molecule has 0 bridgehead atoms. The fraction of sp³-hybridized carbons (Fsp3) is 0.923. The second-order valence-electron chi connectivity index (χ2n) is 6.03. The van der Waals surface area contributed by atoms with E-state index < -0.39 is 0 Å². The third-order valence-electron chi connectivity index (χ3n) is 4.98. The molecule has 0 spiro atoms. The van der Waals surface area contributed by atoms with Crippen molar-refractivity contribution < 1.29 is 4.74 Å². The minimum Gasteiger partial charge on any atom is -0.378 e. The molecular weight excluding hydrogens is 228 g/mol. The zero-order valence-electron chi connectivity index (χ0n) is 10.7. The summed E-state index contributed by atoms with van der Waals surface area (Å²) in [6, 6.07) is 2.89. The van der Waals surface area contributed by atoms with Gasteiger partial charge in [-0.3, -0.25) is 14.8 Å². The molecule has 4 atom stereocenters. The average Bonchev–Trinajstić information content (AvgIpc) is 3.08. The summed E-state index contributed by atoms with van der Waals surface area (Å²) in [5, 5.41) is 0. The van der Waals surface area contributed by atoms with Gasteiger partial charge in [-0.2, -0.15) is 0 Å². The molecule has 4 unspecified atom stereocenters. The third-order valence-corrected chi connectivity index (χ3v) is 4.98. The molecule has 0 aromatic rings. The summed E-state index contributed by atoms with van der Waals surface area (Å²) in [6.07, 6.45) is 4.42. The summed E-state index contributed by atoms with van der Waals surface area (Å²) in [4.78, 5) is 9.64. The van der Waals surface area contributed by atoms with Gasteiger partial charge in [0, 0.05) is 44.0 Å². The first kappa shape index (κ1) is 11.3. The lowest BCUT2D eigenvalue weighted by atomic mass is 10.0. The van der Waals surface area contributed by atoms with E-state index in [-0.39, 0.29) is 6.04 Å². The van der Waals surface area contributed by atoms with Crippen molar-refractivity contribution in [3.8, 4) is 0 Å². The van der Waals surface area contributed by atoms with E-state index in [1.807, 2.05) is 6.21 Å². The highest BCUT2D eigenvalue weighted by molar-refractivity contribution is 5.66. The molecule has 3 heterocycles. The van der Waals surface area contributed by atoms with Gasteiger partial charge in [0.15, 0.2) is 0 Å². The van der Waals surface area contributed by atoms with Crippen molar-refractivity contribution in [1.29, 1.82) is 0 Å². The molecule has 1 saturated carbocycles. The van der Waals surface area contributed by atoms with Gasteiger partial charge in [-0.1, -0.05) is 0 Å². The molecule has 100 valence electrons. The van der Waals surface area contributed by atoms with Gasteiger partial charge in [-0.25, -0.2) is 0 Å². The Bertz CT molecular complexity index is 357.